The van der Waals surface area contributed by atoms with E-state index in [0.717, 1.165) is 32.2 Å². The fourth-order valence-corrected chi connectivity index (χ4v) is 3.96. The maximum absolute atomic E-state index is 12.9. The third-order valence-electron chi connectivity index (χ3n) is 5.56. The number of amides is 2. The second-order valence-corrected chi connectivity index (χ2v) is 7.37. The normalized spacial score (nSPS) is 24.8. The molecule has 0 aliphatic carbocycles. The summed E-state index contributed by atoms with van der Waals surface area (Å²) in [5.74, 6) is 0.396. The molecular weight excluding hydrogens is 312 g/mol. The Balaban J connectivity index is 1.65. The van der Waals surface area contributed by atoms with Crippen molar-refractivity contribution in [1.29, 1.82) is 5.26 Å². The minimum Gasteiger partial charge on any atom is -0.326 e. The second kappa shape index (κ2) is 7.88. The molecule has 1 aromatic rings. The highest BCUT2D eigenvalue weighted by Gasteiger charge is 2.32. The molecule has 2 fully saturated rings. The Morgan fingerprint density at radius 3 is 2.48 bits per heavy atom. The van der Waals surface area contributed by atoms with Crippen molar-refractivity contribution in [3.63, 3.8) is 0 Å². The predicted molar refractivity (Wildman–Crippen MR) is 98.0 cm³/mol. The number of aryl methyl sites for hydroxylation is 1. The third-order valence-corrected chi connectivity index (χ3v) is 5.56. The van der Waals surface area contributed by atoms with Gasteiger partial charge in [0.1, 0.15) is 0 Å². The molecule has 3 rings (SSSR count). The summed E-state index contributed by atoms with van der Waals surface area (Å²) in [6.07, 6.45) is 3.52. The number of benzene rings is 1. The molecule has 0 aromatic heterocycles. The van der Waals surface area contributed by atoms with Gasteiger partial charge in [-0.15, -0.1) is 0 Å². The number of carbonyl (C=O) groups is 1. The molecule has 2 aliphatic heterocycles. The lowest BCUT2D eigenvalue weighted by Crippen LogP contribution is -2.54. The van der Waals surface area contributed by atoms with Crippen LogP contribution < -0.4 is 5.73 Å². The van der Waals surface area contributed by atoms with Crippen LogP contribution in [0.4, 0.5) is 4.79 Å². The van der Waals surface area contributed by atoms with Gasteiger partial charge in [-0.25, -0.2) is 4.79 Å². The van der Waals surface area contributed by atoms with E-state index in [1.165, 1.54) is 11.1 Å². The number of rotatable bonds is 2. The number of likely N-dealkylation sites (tertiary alicyclic amines) is 2. The number of nitriles is 1. The molecule has 2 aliphatic rings. The molecule has 2 unspecified atom stereocenters. The Labute approximate surface area is 150 Å². The molecule has 2 amide bonds. The van der Waals surface area contributed by atoms with Crippen molar-refractivity contribution < 1.29 is 4.79 Å². The van der Waals surface area contributed by atoms with Crippen LogP contribution in [0.15, 0.2) is 24.3 Å². The van der Waals surface area contributed by atoms with Crippen LogP contribution in [0.3, 0.4) is 0 Å². The summed E-state index contributed by atoms with van der Waals surface area (Å²) in [7, 11) is 0. The van der Waals surface area contributed by atoms with Gasteiger partial charge in [0.05, 0.1) is 6.07 Å². The van der Waals surface area contributed by atoms with E-state index in [0.29, 0.717) is 25.6 Å². The first kappa shape index (κ1) is 17.8. The largest absolute Gasteiger partial charge is 0.326 e. The quantitative estimate of drug-likeness (QED) is 0.899. The van der Waals surface area contributed by atoms with E-state index < -0.39 is 0 Å². The van der Waals surface area contributed by atoms with E-state index in [1.54, 1.807) is 0 Å². The Hall–Kier alpha value is -2.06. The summed E-state index contributed by atoms with van der Waals surface area (Å²) in [5, 5.41) is 9.02. The fraction of sp³-hybridized carbons (Fsp3) is 0.600. The summed E-state index contributed by atoms with van der Waals surface area (Å²) in [6.45, 7) is 4.87. The first-order chi connectivity index (χ1) is 12.1. The van der Waals surface area contributed by atoms with E-state index in [9.17, 15) is 4.79 Å². The molecule has 2 N–H and O–H groups in total. The van der Waals surface area contributed by atoms with E-state index in [1.807, 2.05) is 9.80 Å². The maximum Gasteiger partial charge on any atom is 0.320 e. The van der Waals surface area contributed by atoms with Crippen molar-refractivity contribution >= 4 is 6.03 Å². The van der Waals surface area contributed by atoms with Gasteiger partial charge in [0.15, 0.2) is 0 Å². The van der Waals surface area contributed by atoms with Gasteiger partial charge in [0.2, 0.25) is 0 Å². The van der Waals surface area contributed by atoms with Gasteiger partial charge < -0.3 is 15.5 Å². The van der Waals surface area contributed by atoms with Crippen molar-refractivity contribution in [2.24, 2.45) is 11.7 Å². The molecule has 134 valence electrons. The Morgan fingerprint density at radius 1 is 1.20 bits per heavy atom. The van der Waals surface area contributed by atoms with Crippen LogP contribution >= 0.6 is 0 Å². The van der Waals surface area contributed by atoms with E-state index in [4.69, 9.17) is 11.0 Å². The number of carbonyl (C=O) groups excluding carboxylic acids is 1. The van der Waals surface area contributed by atoms with Crippen LogP contribution in [-0.2, 0) is 6.42 Å². The minimum absolute atomic E-state index is 0.0187. The number of nitrogens with two attached hydrogens (primary N) is 1. The highest BCUT2D eigenvalue weighted by Crippen LogP contribution is 2.28. The Morgan fingerprint density at radius 2 is 1.88 bits per heavy atom. The topological polar surface area (TPSA) is 73.4 Å². The molecule has 2 atom stereocenters. The van der Waals surface area contributed by atoms with Gasteiger partial charge in [-0.05, 0) is 36.8 Å². The number of urea groups is 1. The Bertz CT molecular complexity index is 628. The van der Waals surface area contributed by atoms with Crippen molar-refractivity contribution in [3.8, 4) is 6.07 Å². The number of hydrogen-bond donors (Lipinski definition) is 1. The highest BCUT2D eigenvalue weighted by atomic mass is 16.2. The summed E-state index contributed by atoms with van der Waals surface area (Å²) in [4.78, 5) is 16.7. The average molecular weight is 340 g/mol. The standard InChI is InChI=1S/C20H28N4O/c1-2-15-3-5-17(6-4-15)18-11-19(22)14-24(13-18)20(25)23-9-7-16(12-21)8-10-23/h3-6,16,18-19H,2,7-11,13-14,22H2,1H3. The second-order valence-electron chi connectivity index (χ2n) is 7.37. The van der Waals surface area contributed by atoms with Gasteiger partial charge in [-0.3, -0.25) is 0 Å². The first-order valence-electron chi connectivity index (χ1n) is 9.38. The van der Waals surface area contributed by atoms with Crippen molar-refractivity contribution in [3.05, 3.63) is 35.4 Å². The van der Waals surface area contributed by atoms with Crippen molar-refractivity contribution in [2.45, 2.75) is 44.6 Å². The molecule has 0 spiro atoms. The van der Waals surface area contributed by atoms with Crippen LogP contribution in [0.2, 0.25) is 0 Å². The summed E-state index contributed by atoms with van der Waals surface area (Å²) in [5.41, 5.74) is 8.87. The SMILES string of the molecule is CCc1ccc(C2CC(N)CN(C(=O)N3CCC(C#N)CC3)C2)cc1. The van der Waals surface area contributed by atoms with Crippen molar-refractivity contribution in [2.75, 3.05) is 26.2 Å². The van der Waals surface area contributed by atoms with Gasteiger partial charge in [0, 0.05) is 44.1 Å². The smallest absolute Gasteiger partial charge is 0.320 e. The van der Waals surface area contributed by atoms with Crippen LogP contribution in [0.5, 0.6) is 0 Å². The Kier molecular flexibility index (Phi) is 5.60. The van der Waals surface area contributed by atoms with Crippen LogP contribution in [0.1, 0.15) is 43.2 Å². The van der Waals surface area contributed by atoms with E-state index in [-0.39, 0.29) is 18.0 Å². The molecule has 0 bridgehead atoms. The van der Waals surface area contributed by atoms with Crippen LogP contribution in [0.25, 0.3) is 0 Å². The zero-order valence-electron chi connectivity index (χ0n) is 15.0. The lowest BCUT2D eigenvalue weighted by Gasteiger charge is -2.40. The van der Waals surface area contributed by atoms with E-state index >= 15 is 0 Å². The number of piperidine rings is 2. The van der Waals surface area contributed by atoms with Gasteiger partial charge in [0.25, 0.3) is 0 Å². The molecule has 25 heavy (non-hydrogen) atoms. The summed E-state index contributed by atoms with van der Waals surface area (Å²) >= 11 is 0. The molecule has 0 radical (unpaired) electrons. The molecule has 5 heteroatoms. The van der Waals surface area contributed by atoms with E-state index in [2.05, 4.69) is 37.3 Å². The van der Waals surface area contributed by atoms with Crippen LogP contribution in [-0.4, -0.2) is 48.1 Å². The molecule has 2 saturated heterocycles. The van der Waals surface area contributed by atoms with Gasteiger partial charge >= 0.3 is 6.03 Å². The molecule has 2 heterocycles. The number of hydrogen-bond acceptors (Lipinski definition) is 3. The van der Waals surface area contributed by atoms with Crippen LogP contribution in [0, 0.1) is 17.2 Å². The predicted octanol–water partition coefficient (Wildman–Crippen LogP) is 2.72. The molecule has 1 aromatic carbocycles. The van der Waals surface area contributed by atoms with Gasteiger partial charge in [-0.2, -0.15) is 5.26 Å². The lowest BCUT2D eigenvalue weighted by molar-refractivity contribution is 0.121. The summed E-state index contributed by atoms with van der Waals surface area (Å²) in [6, 6.07) is 11.1. The molecule has 0 saturated carbocycles. The fourth-order valence-electron chi connectivity index (χ4n) is 3.96. The average Bonchev–Trinajstić information content (AvgIpc) is 2.67. The maximum atomic E-state index is 12.9. The highest BCUT2D eigenvalue weighted by molar-refractivity contribution is 5.75. The monoisotopic (exact) mass is 340 g/mol. The third kappa shape index (κ3) is 4.13. The number of nitrogens with zero attached hydrogens (tertiary/aromatic N) is 3. The van der Waals surface area contributed by atoms with Gasteiger partial charge in [-0.1, -0.05) is 31.2 Å². The first-order valence-corrected chi connectivity index (χ1v) is 9.38. The molecule has 5 nitrogen and oxygen atoms in total. The zero-order chi connectivity index (χ0) is 17.8. The zero-order valence-corrected chi connectivity index (χ0v) is 15.0. The minimum atomic E-state index is 0.0187. The lowest BCUT2D eigenvalue weighted by atomic mass is 9.88. The van der Waals surface area contributed by atoms with Crippen molar-refractivity contribution in [1.82, 2.24) is 9.80 Å². The summed E-state index contributed by atoms with van der Waals surface area (Å²) < 4.78 is 0. The molecular formula is C20H28N4O.